The largest absolute Gasteiger partial charge is 0.460 e. The number of nitriles is 1. The van der Waals surface area contributed by atoms with Crippen molar-refractivity contribution < 1.29 is 13.6 Å². The molecule has 0 saturated heterocycles. The van der Waals surface area contributed by atoms with E-state index in [1.165, 1.54) is 12.1 Å². The fraction of sp³-hybridized carbons (Fsp3) is 0.250. The van der Waals surface area contributed by atoms with Crippen molar-refractivity contribution >= 4 is 16.9 Å². The van der Waals surface area contributed by atoms with Gasteiger partial charge in [0.25, 0.3) is 0 Å². The SMILES string of the molecule is CC([CH]c1oc2cc(F)ccc2c(=O)c1Cc1cccc(C#N)c1)C(=O)NCCCN. The predicted octanol–water partition coefficient (Wildman–Crippen LogP) is 3.05. The number of benzene rings is 2. The number of halogens is 1. The van der Waals surface area contributed by atoms with Gasteiger partial charge in [-0.1, -0.05) is 19.1 Å². The van der Waals surface area contributed by atoms with Crippen molar-refractivity contribution in [3.63, 3.8) is 0 Å². The van der Waals surface area contributed by atoms with Crippen LogP contribution < -0.4 is 16.5 Å². The number of fused-ring (bicyclic) bond motifs is 1. The molecule has 0 aliphatic heterocycles. The Balaban J connectivity index is 2.01. The van der Waals surface area contributed by atoms with Crippen LogP contribution in [0.3, 0.4) is 0 Å². The lowest BCUT2D eigenvalue weighted by atomic mass is 9.96. The molecule has 7 heteroatoms. The van der Waals surface area contributed by atoms with Crippen LogP contribution in [0.4, 0.5) is 4.39 Å². The molecule has 3 rings (SSSR count). The molecule has 6 nitrogen and oxygen atoms in total. The lowest BCUT2D eigenvalue weighted by molar-refractivity contribution is -0.123. The number of nitrogens with one attached hydrogen (secondary N) is 1. The summed E-state index contributed by atoms with van der Waals surface area (Å²) in [6.45, 7) is 2.61. The fourth-order valence-corrected chi connectivity index (χ4v) is 3.26. The molecular weight excluding hydrogens is 397 g/mol. The Morgan fingerprint density at radius 2 is 2.13 bits per heavy atom. The van der Waals surface area contributed by atoms with Crippen molar-refractivity contribution in [2.24, 2.45) is 11.7 Å². The van der Waals surface area contributed by atoms with Gasteiger partial charge in [-0.25, -0.2) is 4.39 Å². The normalized spacial score (nSPS) is 11.8. The molecule has 1 aromatic heterocycles. The molecule has 0 fully saturated rings. The maximum atomic E-state index is 13.7. The van der Waals surface area contributed by atoms with Gasteiger partial charge in [-0.05, 0) is 42.8 Å². The minimum Gasteiger partial charge on any atom is -0.460 e. The molecule has 31 heavy (non-hydrogen) atoms. The highest BCUT2D eigenvalue weighted by atomic mass is 19.1. The van der Waals surface area contributed by atoms with E-state index >= 15 is 0 Å². The van der Waals surface area contributed by atoms with E-state index in [2.05, 4.69) is 11.4 Å². The topological polar surface area (TPSA) is 109 Å². The number of nitrogens with two attached hydrogens (primary N) is 1. The van der Waals surface area contributed by atoms with E-state index in [4.69, 9.17) is 15.4 Å². The van der Waals surface area contributed by atoms with E-state index in [9.17, 15) is 14.0 Å². The number of nitrogens with zero attached hydrogens (tertiary/aromatic N) is 1. The van der Waals surface area contributed by atoms with Crippen LogP contribution >= 0.6 is 0 Å². The minimum atomic E-state index is -0.587. The smallest absolute Gasteiger partial charge is 0.223 e. The Labute approximate surface area is 179 Å². The van der Waals surface area contributed by atoms with Gasteiger partial charge in [-0.3, -0.25) is 9.59 Å². The van der Waals surface area contributed by atoms with E-state index < -0.39 is 11.7 Å². The third-order valence-electron chi connectivity index (χ3n) is 4.91. The molecule has 1 unspecified atom stereocenters. The molecule has 0 bridgehead atoms. The summed E-state index contributed by atoms with van der Waals surface area (Å²) in [6.07, 6.45) is 2.43. The molecule has 3 N–H and O–H groups in total. The Morgan fingerprint density at radius 1 is 1.32 bits per heavy atom. The van der Waals surface area contributed by atoms with Crippen LogP contribution in [0.5, 0.6) is 0 Å². The summed E-state index contributed by atoms with van der Waals surface area (Å²) in [4.78, 5) is 25.6. The molecule has 0 saturated carbocycles. The van der Waals surface area contributed by atoms with Crippen molar-refractivity contribution in [2.45, 2.75) is 19.8 Å². The number of amides is 1. The lowest BCUT2D eigenvalue weighted by Gasteiger charge is -2.15. The average molecular weight is 420 g/mol. The van der Waals surface area contributed by atoms with Crippen molar-refractivity contribution in [2.75, 3.05) is 13.1 Å². The van der Waals surface area contributed by atoms with Crippen molar-refractivity contribution in [1.29, 1.82) is 5.26 Å². The molecule has 1 amide bonds. The molecule has 0 spiro atoms. The zero-order chi connectivity index (χ0) is 22.4. The van der Waals surface area contributed by atoms with Gasteiger partial charge < -0.3 is 15.5 Å². The molecular formula is C24H23FN3O3. The number of carbonyl (C=O) groups excluding carboxylic acids is 1. The van der Waals surface area contributed by atoms with Gasteiger partial charge in [0.15, 0.2) is 5.43 Å². The third-order valence-corrected chi connectivity index (χ3v) is 4.91. The van der Waals surface area contributed by atoms with Crippen LogP contribution in [0, 0.1) is 29.5 Å². The maximum Gasteiger partial charge on any atom is 0.223 e. The second-order valence-corrected chi connectivity index (χ2v) is 7.29. The molecule has 0 aliphatic carbocycles. The van der Waals surface area contributed by atoms with Gasteiger partial charge in [-0.15, -0.1) is 0 Å². The summed E-state index contributed by atoms with van der Waals surface area (Å²) < 4.78 is 19.6. The molecule has 3 aromatic rings. The Hall–Kier alpha value is -3.50. The molecule has 1 radical (unpaired) electrons. The van der Waals surface area contributed by atoms with Crippen LogP contribution in [-0.2, 0) is 11.2 Å². The number of rotatable bonds is 8. The molecule has 1 atom stereocenters. The van der Waals surface area contributed by atoms with Gasteiger partial charge >= 0.3 is 0 Å². The number of carbonyl (C=O) groups is 1. The first kappa shape index (κ1) is 22.2. The average Bonchev–Trinajstić information content (AvgIpc) is 2.76. The second-order valence-electron chi connectivity index (χ2n) is 7.29. The summed E-state index contributed by atoms with van der Waals surface area (Å²) in [5.41, 5.74) is 6.83. The van der Waals surface area contributed by atoms with E-state index in [0.717, 1.165) is 11.6 Å². The number of hydrogen-bond acceptors (Lipinski definition) is 5. The highest BCUT2D eigenvalue weighted by Gasteiger charge is 2.21. The summed E-state index contributed by atoms with van der Waals surface area (Å²) in [5.74, 6) is -1.13. The van der Waals surface area contributed by atoms with E-state index in [-0.39, 0.29) is 34.5 Å². The fourth-order valence-electron chi connectivity index (χ4n) is 3.26. The quantitative estimate of drug-likeness (QED) is 0.545. The van der Waals surface area contributed by atoms with Crippen LogP contribution in [0.1, 0.15) is 35.8 Å². The van der Waals surface area contributed by atoms with Crippen LogP contribution in [0.2, 0.25) is 0 Å². The second kappa shape index (κ2) is 10.0. The predicted molar refractivity (Wildman–Crippen MR) is 116 cm³/mol. The summed E-state index contributed by atoms with van der Waals surface area (Å²) >= 11 is 0. The van der Waals surface area contributed by atoms with E-state index in [1.807, 2.05) is 6.07 Å². The van der Waals surface area contributed by atoms with Crippen molar-refractivity contribution in [3.8, 4) is 6.07 Å². The molecule has 0 aliphatic rings. The van der Waals surface area contributed by atoms with Crippen LogP contribution in [0.25, 0.3) is 11.0 Å². The van der Waals surface area contributed by atoms with Crippen molar-refractivity contribution in [1.82, 2.24) is 5.32 Å². The molecule has 1 heterocycles. The first-order chi connectivity index (χ1) is 14.9. The van der Waals surface area contributed by atoms with E-state index in [0.29, 0.717) is 30.6 Å². The third kappa shape index (κ3) is 5.36. The van der Waals surface area contributed by atoms with Crippen LogP contribution in [0.15, 0.2) is 51.7 Å². The molecule has 159 valence electrons. The number of hydrogen-bond donors (Lipinski definition) is 2. The zero-order valence-corrected chi connectivity index (χ0v) is 17.2. The highest BCUT2D eigenvalue weighted by molar-refractivity contribution is 5.81. The Bertz CT molecular complexity index is 1200. The standard InChI is InChI=1S/C24H23FN3O3/c1-15(24(30)28-9-3-8-26)10-21-20(12-16-4-2-5-17(11-16)14-27)23(29)19-7-6-18(25)13-22(19)31-21/h2,4-7,10-11,13,15H,3,8-9,12,26H2,1H3,(H,28,30). The highest BCUT2D eigenvalue weighted by Crippen LogP contribution is 2.23. The van der Waals surface area contributed by atoms with Crippen molar-refractivity contribution in [3.05, 3.63) is 87.4 Å². The van der Waals surface area contributed by atoms with Gasteiger partial charge in [-0.2, -0.15) is 5.26 Å². The minimum absolute atomic E-state index is 0.113. The van der Waals surface area contributed by atoms with Gasteiger partial charge in [0.05, 0.1) is 17.0 Å². The summed E-state index contributed by atoms with van der Waals surface area (Å²) in [6, 6.07) is 12.7. The first-order valence-electron chi connectivity index (χ1n) is 10.00. The first-order valence-corrected chi connectivity index (χ1v) is 10.00. The zero-order valence-electron chi connectivity index (χ0n) is 17.2. The van der Waals surface area contributed by atoms with E-state index in [1.54, 1.807) is 31.5 Å². The molecule has 2 aromatic carbocycles. The van der Waals surface area contributed by atoms with Gasteiger partial charge in [0.2, 0.25) is 5.91 Å². The summed E-state index contributed by atoms with van der Waals surface area (Å²) in [5, 5.41) is 12.2. The lowest BCUT2D eigenvalue weighted by Crippen LogP contribution is -2.31. The van der Waals surface area contributed by atoms with Crippen LogP contribution in [-0.4, -0.2) is 19.0 Å². The van der Waals surface area contributed by atoms with Gasteiger partial charge in [0, 0.05) is 36.9 Å². The van der Waals surface area contributed by atoms with Gasteiger partial charge in [0.1, 0.15) is 17.2 Å². The Kier molecular flexibility index (Phi) is 7.16. The Morgan fingerprint density at radius 3 is 2.87 bits per heavy atom. The summed E-state index contributed by atoms with van der Waals surface area (Å²) in [7, 11) is 0. The maximum absolute atomic E-state index is 13.7. The monoisotopic (exact) mass is 420 g/mol.